The van der Waals surface area contributed by atoms with Gasteiger partial charge in [-0.3, -0.25) is 4.79 Å². The quantitative estimate of drug-likeness (QED) is 0.0984. The Balaban J connectivity index is 1.11. The Morgan fingerprint density at radius 3 is 1.65 bits per heavy atom. The average Bonchev–Trinajstić information content (AvgIpc) is 3.17. The third-order valence-corrected chi connectivity index (χ3v) is 7.94. The third kappa shape index (κ3) is 9.39. The maximum atomic E-state index is 13.8. The van der Waals surface area contributed by atoms with Crippen molar-refractivity contribution in [1.82, 2.24) is 0 Å². The summed E-state index contributed by atoms with van der Waals surface area (Å²) in [5.74, 6) is 1.45. The second-order valence-electron chi connectivity index (χ2n) is 11.7. The number of phenolic OH excluding ortho intramolecular Hbond substituents is 1. The zero-order valence-corrected chi connectivity index (χ0v) is 28.3. The Morgan fingerprint density at radius 2 is 1.02 bits per heavy atom. The van der Waals surface area contributed by atoms with Crippen molar-refractivity contribution < 1.29 is 33.6 Å². The molecule has 0 saturated carbocycles. The summed E-state index contributed by atoms with van der Waals surface area (Å²) in [6.45, 7) is 3.03. The highest BCUT2D eigenvalue weighted by Crippen LogP contribution is 2.39. The van der Waals surface area contributed by atoms with Gasteiger partial charge in [0.15, 0.2) is 23.0 Å². The molecule has 0 aliphatic rings. The summed E-state index contributed by atoms with van der Waals surface area (Å²) in [6.07, 6.45) is 0. The Morgan fingerprint density at radius 1 is 0.510 bits per heavy atom. The van der Waals surface area contributed by atoms with Gasteiger partial charge in [-0.15, -0.1) is 0 Å². The Hall–Kier alpha value is -6.41. The number of anilines is 1. The largest absolute Gasteiger partial charge is 0.502 e. The molecule has 1 amide bonds. The van der Waals surface area contributed by atoms with Gasteiger partial charge >= 0.3 is 0 Å². The number of hydrogen-bond donors (Lipinski definition) is 2. The molecule has 0 heterocycles. The van der Waals surface area contributed by atoms with Crippen molar-refractivity contribution in [2.45, 2.75) is 26.7 Å². The van der Waals surface area contributed by atoms with Crippen LogP contribution in [0.1, 0.15) is 32.6 Å². The van der Waals surface area contributed by atoms with Crippen LogP contribution in [0, 0.1) is 6.92 Å². The van der Waals surface area contributed by atoms with Gasteiger partial charge in [-0.05, 0) is 59.5 Å². The van der Waals surface area contributed by atoms with E-state index in [0.29, 0.717) is 47.5 Å². The predicted molar refractivity (Wildman–Crippen MR) is 197 cm³/mol. The molecule has 6 aromatic carbocycles. The van der Waals surface area contributed by atoms with E-state index in [0.717, 1.165) is 22.3 Å². The van der Waals surface area contributed by atoms with Crippen molar-refractivity contribution in [1.29, 1.82) is 0 Å². The van der Waals surface area contributed by atoms with Crippen LogP contribution in [0.5, 0.6) is 34.5 Å². The molecule has 0 saturated heterocycles. The lowest BCUT2D eigenvalue weighted by molar-refractivity contribution is 0.102. The van der Waals surface area contributed by atoms with E-state index in [-0.39, 0.29) is 37.2 Å². The summed E-state index contributed by atoms with van der Waals surface area (Å²) in [4.78, 5) is 13.8. The number of para-hydroxylation sites is 3. The molecule has 8 heteroatoms. The highest BCUT2D eigenvalue weighted by Gasteiger charge is 2.20. The fourth-order valence-corrected chi connectivity index (χ4v) is 5.29. The molecular weight excluding hydrogens is 642 g/mol. The molecule has 8 nitrogen and oxygen atoms in total. The van der Waals surface area contributed by atoms with Gasteiger partial charge < -0.3 is 34.1 Å². The zero-order valence-electron chi connectivity index (χ0n) is 28.3. The van der Waals surface area contributed by atoms with E-state index in [2.05, 4.69) is 5.32 Å². The standard InChI is InChI=1S/C43H39NO7/c1-31-24-25-38(40(45)41(31)50-29-33-16-7-3-8-17-33)48-27-26-47-37-22-12-11-21-36(37)44-43(46)35-20-13-23-39(49-28-32-14-5-2-6-15-32)42(35)51-30-34-18-9-4-10-19-34/h2-25,45H,26-30H2,1H3,(H,44,46). The minimum absolute atomic E-state index is 0.0705. The van der Waals surface area contributed by atoms with Gasteiger partial charge in [0.1, 0.15) is 38.8 Å². The number of carbonyl (C=O) groups excluding carboxylic acids is 1. The first-order valence-electron chi connectivity index (χ1n) is 16.7. The zero-order chi connectivity index (χ0) is 35.3. The van der Waals surface area contributed by atoms with Gasteiger partial charge in [0.2, 0.25) is 5.75 Å². The highest BCUT2D eigenvalue weighted by atomic mass is 16.5. The Kier molecular flexibility index (Phi) is 11.7. The molecule has 6 aromatic rings. The predicted octanol–water partition coefficient (Wildman–Crippen LogP) is 9.15. The number of nitrogens with one attached hydrogen (secondary N) is 1. The molecular formula is C43H39NO7. The average molecular weight is 682 g/mol. The van der Waals surface area contributed by atoms with Crippen LogP contribution in [-0.2, 0) is 19.8 Å². The first kappa shape index (κ1) is 34.5. The van der Waals surface area contributed by atoms with Crippen LogP contribution in [0.15, 0.2) is 146 Å². The number of aryl methyl sites for hydroxylation is 1. The van der Waals surface area contributed by atoms with Crippen LogP contribution in [-0.4, -0.2) is 24.2 Å². The maximum Gasteiger partial charge on any atom is 0.259 e. The summed E-state index contributed by atoms with van der Waals surface area (Å²) < 4.78 is 30.3. The van der Waals surface area contributed by atoms with Crippen molar-refractivity contribution >= 4 is 11.6 Å². The number of rotatable bonds is 16. The SMILES string of the molecule is Cc1ccc(OCCOc2ccccc2NC(=O)c2cccc(OCc3ccccc3)c2OCc2ccccc2)c(O)c1OCc1ccccc1. The van der Waals surface area contributed by atoms with Crippen LogP contribution in [0.2, 0.25) is 0 Å². The maximum absolute atomic E-state index is 13.8. The number of hydrogen-bond acceptors (Lipinski definition) is 7. The highest BCUT2D eigenvalue weighted by molar-refractivity contribution is 6.07. The molecule has 0 atom stereocenters. The molecule has 51 heavy (non-hydrogen) atoms. The number of ether oxygens (including phenoxy) is 5. The Labute approximate surface area is 297 Å². The van der Waals surface area contributed by atoms with Crippen LogP contribution in [0.3, 0.4) is 0 Å². The van der Waals surface area contributed by atoms with Crippen molar-refractivity contribution in [2.24, 2.45) is 0 Å². The third-order valence-electron chi connectivity index (χ3n) is 7.94. The normalized spacial score (nSPS) is 10.6. The van der Waals surface area contributed by atoms with Crippen molar-refractivity contribution in [2.75, 3.05) is 18.5 Å². The second kappa shape index (κ2) is 17.3. The number of carbonyl (C=O) groups is 1. The lowest BCUT2D eigenvalue weighted by Crippen LogP contribution is -2.16. The topological polar surface area (TPSA) is 95.5 Å². The fourth-order valence-electron chi connectivity index (χ4n) is 5.29. The first-order chi connectivity index (χ1) is 25.0. The summed E-state index contributed by atoms with van der Waals surface area (Å²) >= 11 is 0. The molecule has 0 aliphatic heterocycles. The summed E-state index contributed by atoms with van der Waals surface area (Å²) in [5.41, 5.74) is 4.51. The number of amides is 1. The molecule has 2 N–H and O–H groups in total. The molecule has 0 radical (unpaired) electrons. The number of aromatic hydroxyl groups is 1. The van der Waals surface area contributed by atoms with E-state index in [1.54, 1.807) is 36.4 Å². The minimum Gasteiger partial charge on any atom is -0.502 e. The number of benzene rings is 6. The molecule has 0 unspecified atom stereocenters. The monoisotopic (exact) mass is 681 g/mol. The van der Waals surface area contributed by atoms with Gasteiger partial charge in [-0.1, -0.05) is 115 Å². The van der Waals surface area contributed by atoms with Gasteiger partial charge in [-0.2, -0.15) is 0 Å². The molecule has 6 rings (SSSR count). The van der Waals surface area contributed by atoms with Gasteiger partial charge in [-0.25, -0.2) is 0 Å². The minimum atomic E-state index is -0.386. The van der Waals surface area contributed by atoms with Crippen molar-refractivity contribution in [3.05, 3.63) is 173 Å². The van der Waals surface area contributed by atoms with E-state index in [4.69, 9.17) is 23.7 Å². The van der Waals surface area contributed by atoms with E-state index in [1.165, 1.54) is 0 Å². The lowest BCUT2D eigenvalue weighted by atomic mass is 10.1. The first-order valence-corrected chi connectivity index (χ1v) is 16.7. The van der Waals surface area contributed by atoms with E-state index in [1.807, 2.05) is 116 Å². The van der Waals surface area contributed by atoms with E-state index in [9.17, 15) is 9.90 Å². The molecule has 0 aromatic heterocycles. The second-order valence-corrected chi connectivity index (χ2v) is 11.7. The summed E-state index contributed by atoms with van der Waals surface area (Å²) in [6, 6.07) is 45.2. The van der Waals surface area contributed by atoms with Crippen molar-refractivity contribution in [3.63, 3.8) is 0 Å². The van der Waals surface area contributed by atoms with Gasteiger partial charge in [0.25, 0.3) is 5.91 Å². The van der Waals surface area contributed by atoms with E-state index >= 15 is 0 Å². The van der Waals surface area contributed by atoms with Crippen LogP contribution >= 0.6 is 0 Å². The van der Waals surface area contributed by atoms with Crippen LogP contribution in [0.4, 0.5) is 5.69 Å². The summed E-state index contributed by atoms with van der Waals surface area (Å²) in [5, 5.41) is 13.9. The molecule has 0 bridgehead atoms. The fraction of sp³-hybridized carbons (Fsp3) is 0.140. The molecule has 0 fully saturated rings. The van der Waals surface area contributed by atoms with Gasteiger partial charge in [0.05, 0.1) is 11.3 Å². The smallest absolute Gasteiger partial charge is 0.259 e. The van der Waals surface area contributed by atoms with Gasteiger partial charge in [0, 0.05) is 0 Å². The van der Waals surface area contributed by atoms with E-state index < -0.39 is 0 Å². The lowest BCUT2D eigenvalue weighted by Gasteiger charge is -2.18. The van der Waals surface area contributed by atoms with Crippen molar-refractivity contribution in [3.8, 4) is 34.5 Å². The van der Waals surface area contributed by atoms with Crippen LogP contribution in [0.25, 0.3) is 0 Å². The molecule has 0 aliphatic carbocycles. The summed E-state index contributed by atoms with van der Waals surface area (Å²) in [7, 11) is 0. The Bertz CT molecular complexity index is 2020. The van der Waals surface area contributed by atoms with Crippen LogP contribution < -0.4 is 29.0 Å². The number of phenols is 1. The molecule has 0 spiro atoms. The molecule has 258 valence electrons.